The number of amides is 2. The number of thioether (sulfide) groups is 1. The summed E-state index contributed by atoms with van der Waals surface area (Å²) in [5.41, 5.74) is 0.825. The maximum Gasteiger partial charge on any atom is 0.240 e. The molecule has 0 fully saturated rings. The highest BCUT2D eigenvalue weighted by Crippen LogP contribution is 2.19. The molecule has 2 amide bonds. The first-order chi connectivity index (χ1) is 12.7. The van der Waals surface area contributed by atoms with Crippen LogP contribution < -0.4 is 5.32 Å². The van der Waals surface area contributed by atoms with E-state index in [1.807, 2.05) is 62.6 Å². The average molecular weight is 390 g/mol. The van der Waals surface area contributed by atoms with E-state index >= 15 is 0 Å². The zero-order valence-corrected chi connectivity index (χ0v) is 17.3. The van der Waals surface area contributed by atoms with Gasteiger partial charge >= 0.3 is 0 Å². The Hall–Kier alpha value is -2.35. The predicted octanol–water partition coefficient (Wildman–Crippen LogP) is 2.10. The molecule has 146 valence electrons. The van der Waals surface area contributed by atoms with Crippen LogP contribution in [0.25, 0.3) is 0 Å². The lowest BCUT2D eigenvalue weighted by molar-refractivity contribution is -0.133. The van der Waals surface area contributed by atoms with Gasteiger partial charge in [-0.1, -0.05) is 42.1 Å². The van der Waals surface area contributed by atoms with Gasteiger partial charge in [0.1, 0.15) is 5.82 Å². The largest absolute Gasteiger partial charge is 0.350 e. The normalized spacial score (nSPS) is 11.3. The smallest absolute Gasteiger partial charge is 0.240 e. The van der Waals surface area contributed by atoms with E-state index in [1.165, 1.54) is 16.7 Å². The molecule has 2 rings (SSSR count). The molecule has 0 aliphatic rings. The number of hydrogen-bond donors (Lipinski definition) is 1. The summed E-state index contributed by atoms with van der Waals surface area (Å²) in [5, 5.41) is 11.9. The SMILES string of the molecule is Cc1nnc(SCC(=O)N(C)CC(=O)NC(C)(C)C)n1Cc1ccccc1. The van der Waals surface area contributed by atoms with Gasteiger partial charge in [-0.05, 0) is 33.3 Å². The number of nitrogens with zero attached hydrogens (tertiary/aromatic N) is 4. The van der Waals surface area contributed by atoms with Crippen LogP contribution in [0.15, 0.2) is 35.5 Å². The highest BCUT2D eigenvalue weighted by molar-refractivity contribution is 7.99. The Labute approximate surface area is 164 Å². The van der Waals surface area contributed by atoms with Crippen LogP contribution in [0.5, 0.6) is 0 Å². The molecule has 1 heterocycles. The molecule has 0 aliphatic heterocycles. The van der Waals surface area contributed by atoms with Crippen molar-refractivity contribution in [1.82, 2.24) is 25.0 Å². The fourth-order valence-electron chi connectivity index (χ4n) is 2.41. The van der Waals surface area contributed by atoms with Crippen molar-refractivity contribution in [3.05, 3.63) is 41.7 Å². The molecular formula is C19H27N5O2S. The third-order valence-electron chi connectivity index (χ3n) is 3.73. The minimum Gasteiger partial charge on any atom is -0.350 e. The van der Waals surface area contributed by atoms with E-state index in [2.05, 4.69) is 15.5 Å². The van der Waals surface area contributed by atoms with Crippen molar-refractivity contribution >= 4 is 23.6 Å². The number of rotatable bonds is 7. The molecule has 0 aliphatic carbocycles. The van der Waals surface area contributed by atoms with Gasteiger partial charge in [-0.3, -0.25) is 9.59 Å². The summed E-state index contributed by atoms with van der Waals surface area (Å²) in [4.78, 5) is 25.8. The predicted molar refractivity (Wildman–Crippen MR) is 107 cm³/mol. The lowest BCUT2D eigenvalue weighted by atomic mass is 10.1. The standard InChI is InChI=1S/C19H27N5O2S/c1-14-21-22-18(24(14)11-15-9-7-6-8-10-15)27-13-17(26)23(5)12-16(25)20-19(2,3)4/h6-10H,11-13H2,1-5H3,(H,20,25). The van der Waals surface area contributed by atoms with Crippen molar-refractivity contribution < 1.29 is 9.59 Å². The molecule has 1 aromatic heterocycles. The second kappa shape index (κ2) is 9.03. The number of carbonyl (C=O) groups is 2. The van der Waals surface area contributed by atoms with E-state index in [0.717, 1.165) is 11.4 Å². The first-order valence-electron chi connectivity index (χ1n) is 8.77. The molecule has 0 bridgehead atoms. The zero-order chi connectivity index (χ0) is 20.0. The van der Waals surface area contributed by atoms with E-state index in [9.17, 15) is 9.59 Å². The molecule has 0 spiro atoms. The fraction of sp³-hybridized carbons (Fsp3) is 0.474. The Morgan fingerprint density at radius 2 is 1.85 bits per heavy atom. The molecule has 7 nitrogen and oxygen atoms in total. The molecule has 0 unspecified atom stereocenters. The van der Waals surface area contributed by atoms with E-state index < -0.39 is 0 Å². The Balaban J connectivity index is 1.92. The summed E-state index contributed by atoms with van der Waals surface area (Å²) in [6, 6.07) is 10.0. The molecule has 1 N–H and O–H groups in total. The topological polar surface area (TPSA) is 80.1 Å². The number of nitrogens with one attached hydrogen (secondary N) is 1. The third-order valence-corrected chi connectivity index (χ3v) is 4.68. The maximum absolute atomic E-state index is 12.4. The van der Waals surface area contributed by atoms with Gasteiger partial charge in [0.25, 0.3) is 0 Å². The quantitative estimate of drug-likeness (QED) is 0.734. The lowest BCUT2D eigenvalue weighted by Crippen LogP contribution is -2.46. The van der Waals surface area contributed by atoms with Crippen molar-refractivity contribution in [3.8, 4) is 0 Å². The van der Waals surface area contributed by atoms with Gasteiger partial charge < -0.3 is 14.8 Å². The molecule has 8 heteroatoms. The van der Waals surface area contributed by atoms with Crippen molar-refractivity contribution in [2.45, 2.75) is 44.9 Å². The highest BCUT2D eigenvalue weighted by atomic mass is 32.2. The van der Waals surface area contributed by atoms with Crippen LogP contribution in [0.1, 0.15) is 32.2 Å². The second-order valence-corrected chi connectivity index (χ2v) is 8.38. The summed E-state index contributed by atoms with van der Waals surface area (Å²) in [7, 11) is 1.63. The monoisotopic (exact) mass is 389 g/mol. The molecular weight excluding hydrogens is 362 g/mol. The molecule has 0 atom stereocenters. The van der Waals surface area contributed by atoms with Crippen LogP contribution in [0.2, 0.25) is 0 Å². The van der Waals surface area contributed by atoms with E-state index in [4.69, 9.17) is 0 Å². The number of hydrogen-bond acceptors (Lipinski definition) is 5. The van der Waals surface area contributed by atoms with E-state index in [0.29, 0.717) is 11.7 Å². The molecule has 0 saturated heterocycles. The summed E-state index contributed by atoms with van der Waals surface area (Å²) in [5.74, 6) is 0.695. The maximum atomic E-state index is 12.4. The summed E-state index contributed by atoms with van der Waals surface area (Å²) in [6.45, 7) is 8.30. The molecule has 2 aromatic rings. The van der Waals surface area contributed by atoms with Gasteiger partial charge in [-0.25, -0.2) is 0 Å². The number of carbonyl (C=O) groups excluding carboxylic acids is 2. The number of aryl methyl sites for hydroxylation is 1. The Bertz CT molecular complexity index is 783. The number of benzene rings is 1. The van der Waals surface area contributed by atoms with E-state index in [-0.39, 0.29) is 29.7 Å². The van der Waals surface area contributed by atoms with Crippen LogP contribution in [0.4, 0.5) is 0 Å². The van der Waals surface area contributed by atoms with Crippen LogP contribution >= 0.6 is 11.8 Å². The van der Waals surface area contributed by atoms with Crippen molar-refractivity contribution in [1.29, 1.82) is 0 Å². The minimum atomic E-state index is -0.318. The van der Waals surface area contributed by atoms with Crippen molar-refractivity contribution in [2.75, 3.05) is 19.3 Å². The van der Waals surface area contributed by atoms with Crippen LogP contribution in [-0.2, 0) is 16.1 Å². The average Bonchev–Trinajstić information content (AvgIpc) is 2.92. The van der Waals surface area contributed by atoms with Crippen LogP contribution in [0.3, 0.4) is 0 Å². The summed E-state index contributed by atoms with van der Waals surface area (Å²) in [6.07, 6.45) is 0. The second-order valence-electron chi connectivity index (χ2n) is 7.44. The van der Waals surface area contributed by atoms with Gasteiger partial charge in [-0.15, -0.1) is 10.2 Å². The van der Waals surface area contributed by atoms with Crippen molar-refractivity contribution in [2.24, 2.45) is 0 Å². The highest BCUT2D eigenvalue weighted by Gasteiger charge is 2.19. The van der Waals surface area contributed by atoms with Gasteiger partial charge in [0.15, 0.2) is 5.16 Å². The molecule has 0 saturated carbocycles. The lowest BCUT2D eigenvalue weighted by Gasteiger charge is -2.23. The summed E-state index contributed by atoms with van der Waals surface area (Å²) < 4.78 is 1.99. The third kappa shape index (κ3) is 6.71. The first kappa shape index (κ1) is 21.0. The van der Waals surface area contributed by atoms with Gasteiger partial charge in [0.2, 0.25) is 11.8 Å². The molecule has 27 heavy (non-hydrogen) atoms. The van der Waals surface area contributed by atoms with Gasteiger partial charge in [0.05, 0.1) is 18.8 Å². The Morgan fingerprint density at radius 3 is 2.48 bits per heavy atom. The Kier molecular flexibility index (Phi) is 7.01. The van der Waals surface area contributed by atoms with Crippen molar-refractivity contribution in [3.63, 3.8) is 0 Å². The number of aromatic nitrogens is 3. The zero-order valence-electron chi connectivity index (χ0n) is 16.5. The van der Waals surface area contributed by atoms with Crippen LogP contribution in [-0.4, -0.2) is 56.4 Å². The van der Waals surface area contributed by atoms with Gasteiger partial charge in [0, 0.05) is 12.6 Å². The fourth-order valence-corrected chi connectivity index (χ4v) is 3.34. The Morgan fingerprint density at radius 1 is 1.19 bits per heavy atom. The van der Waals surface area contributed by atoms with E-state index in [1.54, 1.807) is 7.05 Å². The number of likely N-dealkylation sites (N-methyl/N-ethyl adjacent to an activating group) is 1. The minimum absolute atomic E-state index is 0.0341. The summed E-state index contributed by atoms with van der Waals surface area (Å²) >= 11 is 1.33. The first-order valence-corrected chi connectivity index (χ1v) is 9.76. The van der Waals surface area contributed by atoms with Gasteiger partial charge in [-0.2, -0.15) is 0 Å². The molecule has 0 radical (unpaired) electrons. The molecule has 1 aromatic carbocycles. The van der Waals surface area contributed by atoms with Crippen LogP contribution in [0, 0.1) is 6.92 Å².